The molecule has 1 aliphatic heterocycles. The van der Waals surface area contributed by atoms with Crippen molar-refractivity contribution in [3.05, 3.63) is 39.4 Å². The van der Waals surface area contributed by atoms with E-state index in [1.54, 1.807) is 17.4 Å². The van der Waals surface area contributed by atoms with Gasteiger partial charge in [0.15, 0.2) is 5.96 Å². The Kier molecular flexibility index (Phi) is 10.3. The minimum atomic E-state index is -3.44. The van der Waals surface area contributed by atoms with E-state index in [1.165, 1.54) is 20.5 Å². The van der Waals surface area contributed by atoms with E-state index in [4.69, 9.17) is 4.74 Å². The summed E-state index contributed by atoms with van der Waals surface area (Å²) in [6.45, 7) is 5.75. The minimum Gasteiger partial charge on any atom is -0.379 e. The fourth-order valence-electron chi connectivity index (χ4n) is 2.75. The van der Waals surface area contributed by atoms with Crippen LogP contribution < -0.4 is 10.6 Å². The molecule has 0 radical (unpaired) electrons. The van der Waals surface area contributed by atoms with Gasteiger partial charge in [-0.25, -0.2) is 13.4 Å². The molecule has 3 rings (SSSR count). The van der Waals surface area contributed by atoms with E-state index in [0.717, 1.165) is 30.3 Å². The number of thiophene rings is 2. The third kappa shape index (κ3) is 7.17. The molecular formula is C18H27IN4O3S3. The highest BCUT2D eigenvalue weighted by atomic mass is 127. The number of guanidine groups is 1. The molecule has 0 aromatic carbocycles. The first-order chi connectivity index (χ1) is 13.6. The van der Waals surface area contributed by atoms with Crippen molar-refractivity contribution in [2.45, 2.75) is 24.1 Å². The zero-order valence-electron chi connectivity index (χ0n) is 16.3. The molecule has 1 aliphatic rings. The fourth-order valence-corrected chi connectivity index (χ4v) is 6.31. The molecule has 0 unspecified atom stereocenters. The molecular weight excluding hydrogens is 543 g/mol. The van der Waals surface area contributed by atoms with E-state index in [0.29, 0.717) is 37.1 Å². The van der Waals surface area contributed by atoms with Gasteiger partial charge in [0.25, 0.3) is 10.0 Å². The number of hydrogen-bond acceptors (Lipinski definition) is 6. The number of hydrogen-bond donors (Lipinski definition) is 2. The lowest BCUT2D eigenvalue weighted by molar-refractivity contribution is 0.0731. The zero-order chi connectivity index (χ0) is 19.8. The van der Waals surface area contributed by atoms with Crippen LogP contribution in [0.4, 0.5) is 0 Å². The summed E-state index contributed by atoms with van der Waals surface area (Å²) in [6, 6.07) is 7.70. The summed E-state index contributed by atoms with van der Waals surface area (Å²) in [4.78, 5) is 6.84. The van der Waals surface area contributed by atoms with Gasteiger partial charge in [0.05, 0.1) is 19.8 Å². The molecule has 0 saturated carbocycles. The maximum Gasteiger partial charge on any atom is 0.252 e. The zero-order valence-corrected chi connectivity index (χ0v) is 21.1. The number of nitrogens with one attached hydrogen (secondary N) is 2. The molecule has 2 aromatic heterocycles. The van der Waals surface area contributed by atoms with E-state index < -0.39 is 10.0 Å². The second-order valence-electron chi connectivity index (χ2n) is 6.19. The highest BCUT2D eigenvalue weighted by Gasteiger charge is 2.27. The second kappa shape index (κ2) is 12.2. The van der Waals surface area contributed by atoms with Crippen molar-refractivity contribution in [1.29, 1.82) is 0 Å². The summed E-state index contributed by atoms with van der Waals surface area (Å²) in [5, 5.41) is 8.63. The minimum absolute atomic E-state index is 0. The Morgan fingerprint density at radius 2 is 2.00 bits per heavy atom. The van der Waals surface area contributed by atoms with Gasteiger partial charge in [-0.2, -0.15) is 4.31 Å². The molecule has 7 nitrogen and oxygen atoms in total. The predicted octanol–water partition coefficient (Wildman–Crippen LogP) is 2.75. The van der Waals surface area contributed by atoms with Gasteiger partial charge >= 0.3 is 0 Å². The van der Waals surface area contributed by atoms with Crippen molar-refractivity contribution >= 4 is 62.6 Å². The number of rotatable bonds is 8. The monoisotopic (exact) mass is 570 g/mol. The summed E-state index contributed by atoms with van der Waals surface area (Å²) in [7, 11) is -3.44. The molecule has 3 heterocycles. The molecule has 0 bridgehead atoms. The van der Waals surface area contributed by atoms with Crippen LogP contribution in [0.25, 0.3) is 0 Å². The molecule has 29 heavy (non-hydrogen) atoms. The molecule has 0 aliphatic carbocycles. The topological polar surface area (TPSA) is 83.0 Å². The first-order valence-corrected chi connectivity index (χ1v) is 12.4. The highest BCUT2D eigenvalue weighted by Crippen LogP contribution is 2.26. The number of nitrogens with zero attached hydrogens (tertiary/aromatic N) is 2. The van der Waals surface area contributed by atoms with Crippen LogP contribution in [0.3, 0.4) is 0 Å². The van der Waals surface area contributed by atoms with E-state index >= 15 is 0 Å². The SMILES string of the molecule is CCNC(=NCc1ccc(S(=O)(=O)N2CCOCC2)s1)NCCc1cccs1.I. The van der Waals surface area contributed by atoms with E-state index in [9.17, 15) is 8.42 Å². The van der Waals surface area contributed by atoms with Crippen LogP contribution in [-0.2, 0) is 27.7 Å². The lowest BCUT2D eigenvalue weighted by atomic mass is 10.3. The third-order valence-electron chi connectivity index (χ3n) is 4.18. The van der Waals surface area contributed by atoms with Gasteiger partial charge in [-0.1, -0.05) is 6.07 Å². The number of morpholine rings is 1. The van der Waals surface area contributed by atoms with Crippen LogP contribution in [0.1, 0.15) is 16.7 Å². The Balaban J connectivity index is 0.00000300. The molecule has 0 amide bonds. The molecule has 0 spiro atoms. The van der Waals surface area contributed by atoms with Crippen LogP contribution in [0.5, 0.6) is 0 Å². The number of ether oxygens (including phenoxy) is 1. The first kappa shape index (κ1) is 24.5. The number of halogens is 1. The van der Waals surface area contributed by atoms with Crippen LogP contribution in [-0.4, -0.2) is 58.1 Å². The summed E-state index contributed by atoms with van der Waals surface area (Å²) >= 11 is 3.03. The lowest BCUT2D eigenvalue weighted by Crippen LogP contribution is -2.40. The van der Waals surface area contributed by atoms with Crippen LogP contribution in [0.2, 0.25) is 0 Å². The Morgan fingerprint density at radius 3 is 2.69 bits per heavy atom. The van der Waals surface area contributed by atoms with Gasteiger partial charge in [0.2, 0.25) is 0 Å². The van der Waals surface area contributed by atoms with Gasteiger partial charge in [-0.05, 0) is 36.9 Å². The number of aliphatic imine (C=N–C) groups is 1. The van der Waals surface area contributed by atoms with Crippen LogP contribution in [0.15, 0.2) is 38.8 Å². The molecule has 1 fully saturated rings. The van der Waals surface area contributed by atoms with Gasteiger partial charge in [0, 0.05) is 35.9 Å². The smallest absolute Gasteiger partial charge is 0.252 e. The summed E-state index contributed by atoms with van der Waals surface area (Å²) in [6.07, 6.45) is 0.947. The Bertz CT molecular complexity index is 863. The molecule has 2 N–H and O–H groups in total. The maximum absolute atomic E-state index is 12.7. The van der Waals surface area contributed by atoms with Crippen molar-refractivity contribution in [3.8, 4) is 0 Å². The largest absolute Gasteiger partial charge is 0.379 e. The van der Waals surface area contributed by atoms with E-state index in [1.807, 2.05) is 13.0 Å². The molecule has 1 saturated heterocycles. The number of sulfonamides is 1. The average Bonchev–Trinajstić information content (AvgIpc) is 3.39. The van der Waals surface area contributed by atoms with Gasteiger partial charge in [0.1, 0.15) is 4.21 Å². The van der Waals surface area contributed by atoms with Gasteiger partial charge < -0.3 is 15.4 Å². The Labute approximate surface area is 197 Å². The summed E-state index contributed by atoms with van der Waals surface area (Å²) < 4.78 is 32.5. The van der Waals surface area contributed by atoms with Crippen molar-refractivity contribution in [2.24, 2.45) is 4.99 Å². The lowest BCUT2D eigenvalue weighted by Gasteiger charge is -2.25. The van der Waals surface area contributed by atoms with E-state index in [2.05, 4.69) is 33.1 Å². The average molecular weight is 571 g/mol. The predicted molar refractivity (Wildman–Crippen MR) is 130 cm³/mol. The van der Waals surface area contributed by atoms with Crippen molar-refractivity contribution in [2.75, 3.05) is 39.4 Å². The molecule has 2 aromatic rings. The third-order valence-corrected chi connectivity index (χ3v) is 8.55. The van der Waals surface area contributed by atoms with Gasteiger partial charge in [-0.15, -0.1) is 46.7 Å². The Morgan fingerprint density at radius 1 is 1.21 bits per heavy atom. The normalized spacial score (nSPS) is 15.7. The molecule has 0 atom stereocenters. The second-order valence-corrected chi connectivity index (χ2v) is 10.6. The van der Waals surface area contributed by atoms with Crippen LogP contribution >= 0.6 is 46.7 Å². The first-order valence-electron chi connectivity index (χ1n) is 9.31. The molecule has 162 valence electrons. The van der Waals surface area contributed by atoms with Gasteiger partial charge in [-0.3, -0.25) is 0 Å². The van der Waals surface area contributed by atoms with Crippen molar-refractivity contribution in [1.82, 2.24) is 14.9 Å². The Hall–Kier alpha value is -0.730. The highest BCUT2D eigenvalue weighted by molar-refractivity contribution is 14.0. The fraction of sp³-hybridized carbons (Fsp3) is 0.500. The van der Waals surface area contributed by atoms with Crippen LogP contribution in [0, 0.1) is 0 Å². The quantitative estimate of drug-likeness (QED) is 0.290. The van der Waals surface area contributed by atoms with Crippen molar-refractivity contribution in [3.63, 3.8) is 0 Å². The standard InChI is InChI=1S/C18H26N4O3S3.HI/c1-2-19-18(20-8-7-15-4-3-13-26-15)21-14-16-5-6-17(27-16)28(23,24)22-9-11-25-12-10-22;/h3-6,13H,2,7-12,14H2,1H3,(H2,19,20,21);1H. The van der Waals surface area contributed by atoms with Crippen molar-refractivity contribution < 1.29 is 13.2 Å². The summed E-state index contributed by atoms with van der Waals surface area (Å²) in [5.41, 5.74) is 0. The van der Waals surface area contributed by atoms with E-state index in [-0.39, 0.29) is 24.0 Å². The molecule has 11 heteroatoms. The summed E-state index contributed by atoms with van der Waals surface area (Å²) in [5.74, 6) is 0.741. The maximum atomic E-state index is 12.7.